The predicted octanol–water partition coefficient (Wildman–Crippen LogP) is 2.24. The van der Waals surface area contributed by atoms with Crippen molar-refractivity contribution in [3.8, 4) is 0 Å². The number of carbonyl (C=O) groups is 1. The normalized spacial score (nSPS) is 27.8. The molecule has 18 heavy (non-hydrogen) atoms. The Kier molecular flexibility index (Phi) is 4.14. The number of aromatic nitrogens is 2. The number of carbonyl (C=O) groups excluding carboxylic acids is 1. The number of hydrogen-bond donors (Lipinski definition) is 0. The van der Waals surface area contributed by atoms with Gasteiger partial charge >= 0.3 is 5.97 Å². The van der Waals surface area contributed by atoms with Crippen LogP contribution >= 0.6 is 11.6 Å². The van der Waals surface area contributed by atoms with E-state index in [0.29, 0.717) is 12.8 Å². The van der Waals surface area contributed by atoms with E-state index < -0.39 is 5.97 Å². The molecule has 0 aromatic carbocycles. The summed E-state index contributed by atoms with van der Waals surface area (Å²) in [5.74, 6) is -0.467. The van der Waals surface area contributed by atoms with E-state index in [1.54, 1.807) is 0 Å². The highest BCUT2D eigenvalue weighted by Crippen LogP contribution is 2.22. The highest BCUT2D eigenvalue weighted by molar-refractivity contribution is 6.29. The van der Waals surface area contributed by atoms with E-state index in [1.807, 2.05) is 13.8 Å². The van der Waals surface area contributed by atoms with Crippen LogP contribution in [0, 0.1) is 0 Å². The van der Waals surface area contributed by atoms with Gasteiger partial charge in [-0.05, 0) is 13.8 Å². The Bertz CT molecular complexity index is 414. The molecule has 0 N–H and O–H groups in total. The molecule has 1 aromatic heterocycles. The lowest BCUT2D eigenvalue weighted by Crippen LogP contribution is -2.35. The minimum absolute atomic E-state index is 0.0999. The van der Waals surface area contributed by atoms with E-state index in [2.05, 4.69) is 9.97 Å². The van der Waals surface area contributed by atoms with Gasteiger partial charge in [-0.1, -0.05) is 11.6 Å². The number of hydrogen-bond acceptors (Lipinski definition) is 5. The molecule has 2 unspecified atom stereocenters. The smallest absolute Gasteiger partial charge is 0.358 e. The SMILES string of the molecule is CC1CC(OC(=O)c2cnc(Cl)cn2)CC(C)O1. The van der Waals surface area contributed by atoms with Gasteiger partial charge in [0.05, 0.1) is 24.6 Å². The monoisotopic (exact) mass is 270 g/mol. The zero-order valence-corrected chi connectivity index (χ0v) is 11.1. The average molecular weight is 271 g/mol. The van der Waals surface area contributed by atoms with Crippen LogP contribution in [0.5, 0.6) is 0 Å². The predicted molar refractivity (Wildman–Crippen MR) is 65.5 cm³/mol. The van der Waals surface area contributed by atoms with Gasteiger partial charge in [-0.15, -0.1) is 0 Å². The van der Waals surface area contributed by atoms with E-state index >= 15 is 0 Å². The third-order valence-corrected chi connectivity index (χ3v) is 2.95. The zero-order valence-electron chi connectivity index (χ0n) is 10.3. The van der Waals surface area contributed by atoms with Crippen LogP contribution in [0.2, 0.25) is 5.15 Å². The van der Waals surface area contributed by atoms with Crippen LogP contribution in [0.3, 0.4) is 0 Å². The second-order valence-electron chi connectivity index (χ2n) is 4.48. The first-order valence-corrected chi connectivity index (χ1v) is 6.26. The lowest BCUT2D eigenvalue weighted by molar-refractivity contribution is -0.0857. The maximum Gasteiger partial charge on any atom is 0.358 e. The summed E-state index contributed by atoms with van der Waals surface area (Å²) in [5.41, 5.74) is 0.172. The second kappa shape index (κ2) is 5.63. The molecule has 1 fully saturated rings. The van der Waals surface area contributed by atoms with Crippen molar-refractivity contribution in [2.24, 2.45) is 0 Å². The van der Waals surface area contributed by atoms with E-state index in [0.717, 1.165) is 0 Å². The van der Waals surface area contributed by atoms with E-state index in [1.165, 1.54) is 12.4 Å². The summed E-state index contributed by atoms with van der Waals surface area (Å²) in [5, 5.41) is 0.250. The molecule has 0 bridgehead atoms. The molecule has 1 aromatic rings. The molecular formula is C12H15ClN2O3. The van der Waals surface area contributed by atoms with Crippen molar-refractivity contribution in [3.05, 3.63) is 23.2 Å². The Morgan fingerprint density at radius 1 is 1.33 bits per heavy atom. The number of rotatable bonds is 2. The highest BCUT2D eigenvalue weighted by atomic mass is 35.5. The molecule has 1 saturated heterocycles. The van der Waals surface area contributed by atoms with Gasteiger partial charge in [0.1, 0.15) is 11.3 Å². The topological polar surface area (TPSA) is 61.3 Å². The molecule has 5 nitrogen and oxygen atoms in total. The summed E-state index contributed by atoms with van der Waals surface area (Å²) < 4.78 is 11.0. The van der Waals surface area contributed by atoms with Crippen molar-refractivity contribution in [3.63, 3.8) is 0 Å². The Morgan fingerprint density at radius 2 is 2.00 bits per heavy atom. The lowest BCUT2D eigenvalue weighted by atomic mass is 10.0. The molecule has 0 spiro atoms. The van der Waals surface area contributed by atoms with Crippen LogP contribution in [0.4, 0.5) is 0 Å². The number of halogens is 1. The van der Waals surface area contributed by atoms with Gasteiger partial charge in [0.15, 0.2) is 5.69 Å². The fourth-order valence-electron chi connectivity index (χ4n) is 2.07. The molecular weight excluding hydrogens is 256 g/mol. The molecule has 2 rings (SSSR count). The van der Waals surface area contributed by atoms with Crippen LogP contribution in [-0.2, 0) is 9.47 Å². The van der Waals surface area contributed by atoms with Crippen LogP contribution in [-0.4, -0.2) is 34.2 Å². The fraction of sp³-hybridized carbons (Fsp3) is 0.583. The Labute approximate surface area is 110 Å². The Balaban J connectivity index is 1.96. The van der Waals surface area contributed by atoms with Gasteiger partial charge in [-0.25, -0.2) is 14.8 Å². The molecule has 0 radical (unpaired) electrons. The van der Waals surface area contributed by atoms with Gasteiger partial charge in [0.2, 0.25) is 0 Å². The second-order valence-corrected chi connectivity index (χ2v) is 4.87. The minimum atomic E-state index is -0.467. The van der Waals surface area contributed by atoms with Crippen molar-refractivity contribution in [2.75, 3.05) is 0 Å². The molecule has 0 aliphatic carbocycles. The molecule has 1 aliphatic rings. The van der Waals surface area contributed by atoms with Crippen LogP contribution in [0.15, 0.2) is 12.4 Å². The number of esters is 1. The molecule has 6 heteroatoms. The zero-order chi connectivity index (χ0) is 13.1. The standard InChI is InChI=1S/C12H15ClN2O3/c1-7-3-9(4-8(2)17-7)18-12(16)10-5-15-11(13)6-14-10/h5-9H,3-4H2,1-2H3. The van der Waals surface area contributed by atoms with Crippen molar-refractivity contribution in [1.82, 2.24) is 9.97 Å². The first-order chi connectivity index (χ1) is 8.54. The summed E-state index contributed by atoms with van der Waals surface area (Å²) >= 11 is 5.60. The third kappa shape index (κ3) is 3.40. The maximum atomic E-state index is 11.8. The molecule has 2 heterocycles. The quantitative estimate of drug-likeness (QED) is 0.772. The fourth-order valence-corrected chi connectivity index (χ4v) is 2.17. The maximum absolute atomic E-state index is 11.8. The Hall–Kier alpha value is -1.20. The van der Waals surface area contributed by atoms with Gasteiger partial charge in [0.25, 0.3) is 0 Å². The third-order valence-electron chi connectivity index (χ3n) is 2.76. The number of ether oxygens (including phenoxy) is 2. The molecule has 98 valence electrons. The van der Waals surface area contributed by atoms with E-state index in [4.69, 9.17) is 21.1 Å². The van der Waals surface area contributed by atoms with E-state index in [-0.39, 0.29) is 29.2 Å². The van der Waals surface area contributed by atoms with Crippen LogP contribution < -0.4 is 0 Å². The molecule has 1 aliphatic heterocycles. The summed E-state index contributed by atoms with van der Waals surface area (Å²) in [7, 11) is 0. The van der Waals surface area contributed by atoms with E-state index in [9.17, 15) is 4.79 Å². The molecule has 2 atom stereocenters. The van der Waals surface area contributed by atoms with Crippen molar-refractivity contribution < 1.29 is 14.3 Å². The van der Waals surface area contributed by atoms with Gasteiger partial charge in [-0.3, -0.25) is 0 Å². The number of nitrogens with zero attached hydrogens (tertiary/aromatic N) is 2. The minimum Gasteiger partial charge on any atom is -0.457 e. The summed E-state index contributed by atoms with van der Waals surface area (Å²) in [6.07, 6.45) is 4.12. The Morgan fingerprint density at radius 3 is 2.56 bits per heavy atom. The van der Waals surface area contributed by atoms with Crippen LogP contribution in [0.25, 0.3) is 0 Å². The molecule has 0 amide bonds. The van der Waals surface area contributed by atoms with Gasteiger partial charge < -0.3 is 9.47 Å². The van der Waals surface area contributed by atoms with Crippen molar-refractivity contribution >= 4 is 17.6 Å². The first kappa shape index (κ1) is 13.2. The highest BCUT2D eigenvalue weighted by Gasteiger charge is 2.27. The van der Waals surface area contributed by atoms with Gasteiger partial charge in [-0.2, -0.15) is 0 Å². The summed E-state index contributed by atoms with van der Waals surface area (Å²) in [4.78, 5) is 19.5. The first-order valence-electron chi connectivity index (χ1n) is 5.88. The van der Waals surface area contributed by atoms with Gasteiger partial charge in [0, 0.05) is 12.8 Å². The largest absolute Gasteiger partial charge is 0.457 e. The average Bonchev–Trinajstić information content (AvgIpc) is 2.28. The summed E-state index contributed by atoms with van der Waals surface area (Å²) in [6, 6.07) is 0. The molecule has 0 saturated carbocycles. The summed E-state index contributed by atoms with van der Waals surface area (Å²) in [6.45, 7) is 3.94. The van der Waals surface area contributed by atoms with Crippen molar-refractivity contribution in [1.29, 1.82) is 0 Å². The van der Waals surface area contributed by atoms with Crippen molar-refractivity contribution in [2.45, 2.75) is 45.0 Å². The lowest BCUT2D eigenvalue weighted by Gasteiger charge is -2.31. The van der Waals surface area contributed by atoms with Crippen LogP contribution in [0.1, 0.15) is 37.2 Å².